The molecule has 0 bridgehead atoms. The Kier molecular flexibility index (Phi) is 8.12. The van der Waals surface area contributed by atoms with Gasteiger partial charge in [-0.05, 0) is 23.6 Å². The average Bonchev–Trinajstić information content (AvgIpc) is 2.69. The number of pyridine rings is 1. The van der Waals surface area contributed by atoms with Gasteiger partial charge in [-0.15, -0.1) is 0 Å². The van der Waals surface area contributed by atoms with E-state index >= 15 is 0 Å². The van der Waals surface area contributed by atoms with E-state index in [4.69, 9.17) is 28.3 Å². The van der Waals surface area contributed by atoms with Gasteiger partial charge in [-0.25, -0.2) is 0 Å². The number of aromatic nitrogens is 1. The second-order valence-electron chi connectivity index (χ2n) is 7.23. The van der Waals surface area contributed by atoms with Crippen LogP contribution < -0.4 is 16.2 Å². The number of carbonyl (C=O) groups is 3. The molecule has 0 aliphatic rings. The second kappa shape index (κ2) is 10.4. The van der Waals surface area contributed by atoms with Crippen molar-refractivity contribution in [1.82, 2.24) is 15.2 Å². The van der Waals surface area contributed by atoms with Gasteiger partial charge in [0.15, 0.2) is 5.75 Å². The highest BCUT2D eigenvalue weighted by Crippen LogP contribution is 2.30. The lowest BCUT2D eigenvalue weighted by atomic mass is 10.1. The zero-order valence-corrected chi connectivity index (χ0v) is 18.6. The molecule has 1 aromatic carbocycles. The van der Waals surface area contributed by atoms with Crippen LogP contribution in [-0.2, 0) is 11.3 Å². The third kappa shape index (κ3) is 5.71. The van der Waals surface area contributed by atoms with E-state index in [-0.39, 0.29) is 24.0 Å². The summed E-state index contributed by atoms with van der Waals surface area (Å²) in [6, 6.07) is 4.37. The van der Waals surface area contributed by atoms with Gasteiger partial charge in [0.2, 0.25) is 5.88 Å². The molecule has 0 aliphatic carbocycles. The average molecular weight is 486 g/mol. The Balaban J connectivity index is 2.67. The van der Waals surface area contributed by atoms with Crippen molar-refractivity contribution in [2.75, 3.05) is 13.1 Å². The highest BCUT2D eigenvalue weighted by molar-refractivity contribution is 6.35. The van der Waals surface area contributed by atoms with Crippen LogP contribution in [0.1, 0.15) is 40.1 Å². The standard InChI is InChI=1S/C20H21Cl2N3O7/c1-9(2)6-23-17(29)14-16(28)15(18(30)24-7-13(26)27)20(32)25(19(14)31)8-10-3-4-11(21)5-12(10)22/h3-5,9,28,32H,6-8H2,1-2H3,(H,23,29)(H,24,30)(H,26,27). The van der Waals surface area contributed by atoms with Crippen molar-refractivity contribution < 1.29 is 29.7 Å². The molecule has 1 heterocycles. The van der Waals surface area contributed by atoms with Crippen LogP contribution in [0.2, 0.25) is 10.0 Å². The van der Waals surface area contributed by atoms with Crippen molar-refractivity contribution in [3.05, 3.63) is 55.3 Å². The van der Waals surface area contributed by atoms with Gasteiger partial charge < -0.3 is 26.0 Å². The number of aromatic hydroxyl groups is 2. The quantitative estimate of drug-likeness (QED) is 0.381. The molecular weight excluding hydrogens is 465 g/mol. The lowest BCUT2D eigenvalue weighted by Crippen LogP contribution is -2.37. The Morgan fingerprint density at radius 2 is 1.69 bits per heavy atom. The lowest BCUT2D eigenvalue weighted by molar-refractivity contribution is -0.135. The Bertz CT molecular complexity index is 1130. The summed E-state index contributed by atoms with van der Waals surface area (Å²) in [6.07, 6.45) is 0. The molecule has 0 aliphatic heterocycles. The molecule has 2 rings (SSSR count). The van der Waals surface area contributed by atoms with Crippen LogP contribution in [0.4, 0.5) is 0 Å². The fraction of sp³-hybridized carbons (Fsp3) is 0.300. The Hall–Kier alpha value is -3.24. The van der Waals surface area contributed by atoms with Crippen LogP contribution in [0.15, 0.2) is 23.0 Å². The summed E-state index contributed by atoms with van der Waals surface area (Å²) in [7, 11) is 0. The molecule has 32 heavy (non-hydrogen) atoms. The molecule has 0 fully saturated rings. The van der Waals surface area contributed by atoms with E-state index in [1.807, 2.05) is 19.2 Å². The van der Waals surface area contributed by atoms with Crippen molar-refractivity contribution in [1.29, 1.82) is 0 Å². The molecule has 0 radical (unpaired) electrons. The van der Waals surface area contributed by atoms with E-state index < -0.39 is 52.6 Å². The number of carbonyl (C=O) groups excluding carboxylic acids is 2. The van der Waals surface area contributed by atoms with Crippen molar-refractivity contribution in [3.63, 3.8) is 0 Å². The Morgan fingerprint density at radius 3 is 2.25 bits per heavy atom. The molecule has 0 saturated carbocycles. The molecule has 10 nitrogen and oxygen atoms in total. The SMILES string of the molecule is CC(C)CNC(=O)c1c(O)c(C(=O)NCC(=O)O)c(O)n(Cc2ccc(Cl)cc2Cl)c1=O. The zero-order valence-electron chi connectivity index (χ0n) is 17.1. The fourth-order valence-corrected chi connectivity index (χ4v) is 3.18. The topological polar surface area (TPSA) is 158 Å². The first-order valence-electron chi connectivity index (χ1n) is 9.34. The molecule has 172 valence electrons. The number of amides is 2. The van der Waals surface area contributed by atoms with Gasteiger partial charge in [0, 0.05) is 16.6 Å². The molecule has 0 unspecified atom stereocenters. The third-order valence-electron chi connectivity index (χ3n) is 4.28. The summed E-state index contributed by atoms with van der Waals surface area (Å²) < 4.78 is 0.675. The first kappa shape index (κ1) is 25.0. The van der Waals surface area contributed by atoms with Gasteiger partial charge in [0.1, 0.15) is 17.7 Å². The predicted molar refractivity (Wildman–Crippen MR) is 117 cm³/mol. The normalized spacial score (nSPS) is 10.8. The second-order valence-corrected chi connectivity index (χ2v) is 8.07. The number of rotatable bonds is 8. The number of carboxylic acids is 1. The zero-order chi connectivity index (χ0) is 24.2. The maximum Gasteiger partial charge on any atom is 0.322 e. The lowest BCUT2D eigenvalue weighted by Gasteiger charge is -2.17. The number of benzene rings is 1. The monoisotopic (exact) mass is 485 g/mol. The van der Waals surface area contributed by atoms with Gasteiger partial charge in [-0.2, -0.15) is 0 Å². The molecule has 0 spiro atoms. The van der Waals surface area contributed by atoms with E-state index in [9.17, 15) is 29.4 Å². The highest BCUT2D eigenvalue weighted by Gasteiger charge is 2.30. The first-order valence-corrected chi connectivity index (χ1v) is 10.1. The van der Waals surface area contributed by atoms with E-state index in [2.05, 4.69) is 5.32 Å². The number of hydrogen-bond donors (Lipinski definition) is 5. The molecule has 2 amide bonds. The van der Waals surface area contributed by atoms with Gasteiger partial charge in [0.25, 0.3) is 17.4 Å². The van der Waals surface area contributed by atoms with Crippen molar-refractivity contribution >= 4 is 41.0 Å². The minimum absolute atomic E-state index is 0.0200. The summed E-state index contributed by atoms with van der Waals surface area (Å²) in [5.74, 6) is -5.57. The van der Waals surface area contributed by atoms with Crippen LogP contribution in [0.5, 0.6) is 11.6 Å². The fourth-order valence-electron chi connectivity index (χ4n) is 2.71. The van der Waals surface area contributed by atoms with Gasteiger partial charge >= 0.3 is 5.97 Å². The molecular formula is C20H21Cl2N3O7. The molecule has 2 aromatic rings. The number of carboxylic acid groups (broad SMARTS) is 1. The van der Waals surface area contributed by atoms with Crippen molar-refractivity contribution in [2.45, 2.75) is 20.4 Å². The van der Waals surface area contributed by atoms with E-state index in [1.165, 1.54) is 18.2 Å². The number of nitrogens with one attached hydrogen (secondary N) is 2. The van der Waals surface area contributed by atoms with Gasteiger partial charge in [-0.3, -0.25) is 23.7 Å². The maximum absolute atomic E-state index is 13.0. The Morgan fingerprint density at radius 1 is 1.06 bits per heavy atom. The van der Waals surface area contributed by atoms with Crippen LogP contribution in [0.3, 0.4) is 0 Å². The molecule has 1 aromatic heterocycles. The van der Waals surface area contributed by atoms with Gasteiger partial charge in [-0.1, -0.05) is 43.1 Å². The Labute approximate surface area is 192 Å². The first-order chi connectivity index (χ1) is 14.9. The molecule has 0 saturated heterocycles. The van der Waals surface area contributed by atoms with Crippen LogP contribution in [0.25, 0.3) is 0 Å². The maximum atomic E-state index is 13.0. The largest absolute Gasteiger partial charge is 0.506 e. The smallest absolute Gasteiger partial charge is 0.322 e. The minimum Gasteiger partial charge on any atom is -0.506 e. The summed E-state index contributed by atoms with van der Waals surface area (Å²) >= 11 is 12.0. The van der Waals surface area contributed by atoms with Crippen LogP contribution in [-0.4, -0.2) is 50.8 Å². The summed E-state index contributed by atoms with van der Waals surface area (Å²) in [5, 5.41) is 34.8. The minimum atomic E-state index is -1.38. The number of nitrogens with zero attached hydrogens (tertiary/aromatic N) is 1. The number of halogens is 2. The molecule has 12 heteroatoms. The third-order valence-corrected chi connectivity index (χ3v) is 4.87. The predicted octanol–water partition coefficient (Wildman–Crippen LogP) is 1.81. The number of hydrogen-bond acceptors (Lipinski definition) is 6. The van der Waals surface area contributed by atoms with Crippen LogP contribution in [0, 0.1) is 5.92 Å². The summed E-state index contributed by atoms with van der Waals surface area (Å²) in [4.78, 5) is 48.9. The molecule has 5 N–H and O–H groups in total. The van der Waals surface area contributed by atoms with Crippen molar-refractivity contribution in [3.8, 4) is 11.6 Å². The van der Waals surface area contributed by atoms with E-state index in [0.717, 1.165) is 0 Å². The van der Waals surface area contributed by atoms with E-state index in [1.54, 1.807) is 0 Å². The summed E-state index contributed by atoms with van der Waals surface area (Å²) in [5.41, 5.74) is -2.37. The van der Waals surface area contributed by atoms with Crippen LogP contribution >= 0.6 is 23.2 Å². The van der Waals surface area contributed by atoms with Crippen molar-refractivity contribution in [2.24, 2.45) is 5.92 Å². The number of aliphatic carboxylic acids is 1. The van der Waals surface area contributed by atoms with Gasteiger partial charge in [0.05, 0.1) is 6.54 Å². The molecule has 0 atom stereocenters. The highest BCUT2D eigenvalue weighted by atomic mass is 35.5. The van der Waals surface area contributed by atoms with E-state index in [0.29, 0.717) is 15.2 Å². The summed E-state index contributed by atoms with van der Waals surface area (Å²) in [6.45, 7) is 2.59.